The molecule has 1 heterocycles. The Balaban J connectivity index is 2.12. The van der Waals surface area contributed by atoms with Crippen LogP contribution in [0.25, 0.3) is 0 Å². The molecule has 6 heteroatoms. The van der Waals surface area contributed by atoms with Crippen LogP contribution >= 0.6 is 0 Å². The Labute approximate surface area is 114 Å². The SMILES string of the molecule is N#CC1CCCN(C(=O)c2ccc(C(F)(F)F)cc2)C1. The highest BCUT2D eigenvalue weighted by Crippen LogP contribution is 2.29. The normalized spacial score (nSPS) is 19.5. The summed E-state index contributed by atoms with van der Waals surface area (Å²) < 4.78 is 37.3. The van der Waals surface area contributed by atoms with Crippen LogP contribution in [0.5, 0.6) is 0 Å². The van der Waals surface area contributed by atoms with Gasteiger partial charge < -0.3 is 4.90 Å². The molecule has 0 N–H and O–H groups in total. The molecule has 0 spiro atoms. The second-order valence-corrected chi connectivity index (χ2v) is 4.79. The van der Waals surface area contributed by atoms with E-state index >= 15 is 0 Å². The van der Waals surface area contributed by atoms with E-state index in [4.69, 9.17) is 5.26 Å². The standard InChI is InChI=1S/C14H13F3N2O/c15-14(16,17)12-5-3-11(4-6-12)13(20)19-7-1-2-10(8-18)9-19/h3-6,10H,1-2,7,9H2. The molecule has 1 unspecified atom stereocenters. The molecule has 0 radical (unpaired) electrons. The largest absolute Gasteiger partial charge is 0.416 e. The molecule has 20 heavy (non-hydrogen) atoms. The van der Waals surface area contributed by atoms with Crippen molar-refractivity contribution in [2.75, 3.05) is 13.1 Å². The predicted octanol–water partition coefficient (Wildman–Crippen LogP) is 3.08. The molecule has 1 aliphatic heterocycles. The van der Waals surface area contributed by atoms with E-state index in [1.807, 2.05) is 0 Å². The smallest absolute Gasteiger partial charge is 0.337 e. The van der Waals surface area contributed by atoms with Crippen LogP contribution in [0.15, 0.2) is 24.3 Å². The van der Waals surface area contributed by atoms with E-state index in [2.05, 4.69) is 6.07 Å². The van der Waals surface area contributed by atoms with E-state index in [0.717, 1.165) is 25.0 Å². The summed E-state index contributed by atoms with van der Waals surface area (Å²) in [4.78, 5) is 13.7. The van der Waals surface area contributed by atoms with Crippen molar-refractivity contribution in [3.8, 4) is 6.07 Å². The third kappa shape index (κ3) is 3.10. The van der Waals surface area contributed by atoms with E-state index < -0.39 is 11.7 Å². The summed E-state index contributed by atoms with van der Waals surface area (Å²) in [5, 5.41) is 8.87. The van der Waals surface area contributed by atoms with Gasteiger partial charge in [-0.25, -0.2) is 0 Å². The number of nitrogens with zero attached hydrogens (tertiary/aromatic N) is 2. The molecular weight excluding hydrogens is 269 g/mol. The van der Waals surface area contributed by atoms with Crippen LogP contribution in [0, 0.1) is 17.2 Å². The molecule has 0 saturated carbocycles. The lowest BCUT2D eigenvalue weighted by molar-refractivity contribution is -0.137. The first-order valence-electron chi connectivity index (χ1n) is 6.28. The monoisotopic (exact) mass is 282 g/mol. The van der Waals surface area contributed by atoms with Gasteiger partial charge in [0.2, 0.25) is 0 Å². The van der Waals surface area contributed by atoms with E-state index in [1.165, 1.54) is 17.0 Å². The molecular formula is C14H13F3N2O. The zero-order valence-corrected chi connectivity index (χ0v) is 10.7. The summed E-state index contributed by atoms with van der Waals surface area (Å²) in [7, 11) is 0. The molecule has 2 rings (SSSR count). The summed E-state index contributed by atoms with van der Waals surface area (Å²) in [6.07, 6.45) is -2.91. The molecule has 1 fully saturated rings. The van der Waals surface area contributed by atoms with Crippen molar-refractivity contribution in [1.29, 1.82) is 5.26 Å². The van der Waals surface area contributed by atoms with Gasteiger partial charge in [0.1, 0.15) is 0 Å². The zero-order valence-electron chi connectivity index (χ0n) is 10.7. The highest BCUT2D eigenvalue weighted by atomic mass is 19.4. The molecule has 106 valence electrons. The molecule has 3 nitrogen and oxygen atoms in total. The predicted molar refractivity (Wildman–Crippen MR) is 65.7 cm³/mol. The average Bonchev–Trinajstić information content (AvgIpc) is 2.46. The van der Waals surface area contributed by atoms with E-state index in [9.17, 15) is 18.0 Å². The van der Waals surface area contributed by atoms with Gasteiger partial charge in [0.25, 0.3) is 5.91 Å². The molecule has 1 aromatic rings. The lowest BCUT2D eigenvalue weighted by atomic mass is 9.99. The number of piperidine rings is 1. The van der Waals surface area contributed by atoms with Crippen LogP contribution in [0.4, 0.5) is 13.2 Å². The minimum atomic E-state index is -4.40. The third-order valence-electron chi connectivity index (χ3n) is 3.35. The summed E-state index contributed by atoms with van der Waals surface area (Å²) in [5.74, 6) is -0.513. The number of carbonyl (C=O) groups is 1. The molecule has 0 aromatic heterocycles. The number of likely N-dealkylation sites (tertiary alicyclic amines) is 1. The van der Waals surface area contributed by atoms with E-state index in [-0.39, 0.29) is 17.4 Å². The van der Waals surface area contributed by atoms with E-state index in [0.29, 0.717) is 13.1 Å². The molecule has 0 bridgehead atoms. The number of amides is 1. The van der Waals surface area contributed by atoms with Crippen molar-refractivity contribution in [3.05, 3.63) is 35.4 Å². The number of carbonyl (C=O) groups excluding carboxylic acids is 1. The second kappa shape index (κ2) is 5.53. The van der Waals surface area contributed by atoms with Crippen LogP contribution in [0.1, 0.15) is 28.8 Å². The first-order chi connectivity index (χ1) is 9.41. The van der Waals surface area contributed by atoms with Crippen molar-refractivity contribution in [2.45, 2.75) is 19.0 Å². The van der Waals surface area contributed by atoms with Crippen LogP contribution in [-0.4, -0.2) is 23.9 Å². The topological polar surface area (TPSA) is 44.1 Å². The lowest BCUT2D eigenvalue weighted by Crippen LogP contribution is -2.39. The van der Waals surface area contributed by atoms with E-state index in [1.54, 1.807) is 0 Å². The maximum Gasteiger partial charge on any atom is 0.416 e. The second-order valence-electron chi connectivity index (χ2n) is 4.79. The Morgan fingerprint density at radius 1 is 1.30 bits per heavy atom. The van der Waals surface area contributed by atoms with Crippen LogP contribution in [0.2, 0.25) is 0 Å². The van der Waals surface area contributed by atoms with Crippen LogP contribution < -0.4 is 0 Å². The Morgan fingerprint density at radius 2 is 1.95 bits per heavy atom. The summed E-state index contributed by atoms with van der Waals surface area (Å²) in [6, 6.07) is 6.29. The van der Waals surface area contributed by atoms with Gasteiger partial charge in [-0.15, -0.1) is 0 Å². The minimum Gasteiger partial charge on any atom is -0.337 e. The fourth-order valence-corrected chi connectivity index (χ4v) is 2.25. The fraction of sp³-hybridized carbons (Fsp3) is 0.429. The van der Waals surface area contributed by atoms with Crippen molar-refractivity contribution in [1.82, 2.24) is 4.90 Å². The van der Waals surface area contributed by atoms with Crippen molar-refractivity contribution < 1.29 is 18.0 Å². The van der Waals surface area contributed by atoms with Gasteiger partial charge in [-0.05, 0) is 37.1 Å². The molecule has 1 aliphatic rings. The summed E-state index contributed by atoms with van der Waals surface area (Å²) in [6.45, 7) is 0.883. The number of rotatable bonds is 1. The molecule has 0 aliphatic carbocycles. The van der Waals surface area contributed by atoms with Gasteiger partial charge in [0.05, 0.1) is 17.6 Å². The number of halogens is 3. The van der Waals surface area contributed by atoms with Crippen molar-refractivity contribution >= 4 is 5.91 Å². The quantitative estimate of drug-likeness (QED) is 0.794. The first-order valence-corrected chi connectivity index (χ1v) is 6.28. The number of hydrogen-bond acceptors (Lipinski definition) is 2. The minimum absolute atomic E-state index is 0.192. The van der Waals surface area contributed by atoms with Crippen LogP contribution in [-0.2, 0) is 6.18 Å². The highest BCUT2D eigenvalue weighted by Gasteiger charge is 2.31. The first kappa shape index (κ1) is 14.4. The number of benzene rings is 1. The molecule has 1 amide bonds. The summed E-state index contributed by atoms with van der Waals surface area (Å²) in [5.41, 5.74) is -0.556. The Morgan fingerprint density at radius 3 is 2.50 bits per heavy atom. The van der Waals surface area contributed by atoms with Crippen molar-refractivity contribution in [2.24, 2.45) is 5.92 Å². The van der Waals surface area contributed by atoms with Gasteiger partial charge in [-0.1, -0.05) is 0 Å². The van der Waals surface area contributed by atoms with Gasteiger partial charge in [-0.3, -0.25) is 4.79 Å². The number of alkyl halides is 3. The maximum atomic E-state index is 12.4. The number of hydrogen-bond donors (Lipinski definition) is 0. The molecule has 1 saturated heterocycles. The van der Waals surface area contributed by atoms with Crippen LogP contribution in [0.3, 0.4) is 0 Å². The third-order valence-corrected chi connectivity index (χ3v) is 3.35. The van der Waals surface area contributed by atoms with Crippen molar-refractivity contribution in [3.63, 3.8) is 0 Å². The molecule has 1 atom stereocenters. The zero-order chi connectivity index (χ0) is 14.8. The maximum absolute atomic E-state index is 12.4. The summed E-state index contributed by atoms with van der Waals surface area (Å²) >= 11 is 0. The Hall–Kier alpha value is -2.03. The number of nitriles is 1. The Bertz CT molecular complexity index is 531. The molecule has 1 aromatic carbocycles. The average molecular weight is 282 g/mol. The highest BCUT2D eigenvalue weighted by molar-refractivity contribution is 5.94. The lowest BCUT2D eigenvalue weighted by Gasteiger charge is -2.29. The van der Waals surface area contributed by atoms with Gasteiger partial charge in [0.15, 0.2) is 0 Å². The Kier molecular flexibility index (Phi) is 3.98. The fourth-order valence-electron chi connectivity index (χ4n) is 2.25. The van der Waals surface area contributed by atoms with Gasteiger partial charge in [0, 0.05) is 18.7 Å². The van der Waals surface area contributed by atoms with Gasteiger partial charge in [-0.2, -0.15) is 18.4 Å². The van der Waals surface area contributed by atoms with Gasteiger partial charge >= 0.3 is 6.18 Å².